The van der Waals surface area contributed by atoms with Crippen LogP contribution in [0.4, 0.5) is 0 Å². The van der Waals surface area contributed by atoms with Gasteiger partial charge >= 0.3 is 6.01 Å². The highest BCUT2D eigenvalue weighted by Crippen LogP contribution is 2.30. The van der Waals surface area contributed by atoms with Gasteiger partial charge in [0.1, 0.15) is 5.75 Å². The summed E-state index contributed by atoms with van der Waals surface area (Å²) in [5.41, 5.74) is 3.90. The Morgan fingerprint density at radius 3 is 2.36 bits per heavy atom. The van der Waals surface area contributed by atoms with Crippen molar-refractivity contribution in [3.05, 3.63) is 72.1 Å². The van der Waals surface area contributed by atoms with E-state index < -0.39 is 0 Å². The number of ether oxygens (including phenoxy) is 1. The maximum atomic E-state index is 6.03. The molecule has 1 aliphatic rings. The van der Waals surface area contributed by atoms with Crippen LogP contribution in [-0.4, -0.2) is 63.2 Å². The van der Waals surface area contributed by atoms with E-state index in [0.717, 1.165) is 49.4 Å². The summed E-state index contributed by atoms with van der Waals surface area (Å²) >= 11 is 0. The van der Waals surface area contributed by atoms with Crippen LogP contribution in [0, 0.1) is 6.92 Å². The molecule has 8 nitrogen and oxygen atoms in total. The fourth-order valence-corrected chi connectivity index (χ4v) is 3.80. The van der Waals surface area contributed by atoms with E-state index in [2.05, 4.69) is 49.1 Å². The molecule has 1 aliphatic heterocycles. The molecule has 5 rings (SSSR count). The fourth-order valence-electron chi connectivity index (χ4n) is 3.80. The Kier molecular flexibility index (Phi) is 6.10. The number of hydrogen-bond acceptors (Lipinski definition) is 8. The van der Waals surface area contributed by atoms with E-state index in [1.807, 2.05) is 37.3 Å². The number of aryl methyl sites for hydroxylation is 1. The van der Waals surface area contributed by atoms with E-state index in [9.17, 15) is 0 Å². The van der Waals surface area contributed by atoms with Crippen molar-refractivity contribution in [3.63, 3.8) is 0 Å². The largest absolute Gasteiger partial charge is 0.424 e. The molecule has 1 fully saturated rings. The molecule has 0 radical (unpaired) electrons. The van der Waals surface area contributed by atoms with Crippen molar-refractivity contribution in [1.29, 1.82) is 0 Å². The molecule has 0 N–H and O–H groups in total. The van der Waals surface area contributed by atoms with Crippen LogP contribution in [-0.2, 0) is 6.54 Å². The van der Waals surface area contributed by atoms with Crippen LogP contribution in [0.25, 0.3) is 22.9 Å². The second kappa shape index (κ2) is 9.48. The number of rotatable bonds is 6. The van der Waals surface area contributed by atoms with E-state index in [1.54, 1.807) is 18.5 Å². The maximum Gasteiger partial charge on any atom is 0.321 e. The quantitative estimate of drug-likeness (QED) is 0.443. The van der Waals surface area contributed by atoms with Gasteiger partial charge in [-0.15, -0.1) is 10.2 Å². The molecule has 0 aliphatic carbocycles. The molecular formula is C25H26N6O2. The number of nitrogens with zero attached hydrogens (tertiary/aromatic N) is 6. The maximum absolute atomic E-state index is 6.03. The first-order valence-corrected chi connectivity index (χ1v) is 11.0. The Morgan fingerprint density at radius 2 is 1.61 bits per heavy atom. The minimum atomic E-state index is 0.293. The first-order chi connectivity index (χ1) is 16.1. The molecule has 33 heavy (non-hydrogen) atoms. The molecule has 0 unspecified atom stereocenters. The van der Waals surface area contributed by atoms with Crippen LogP contribution in [0.2, 0.25) is 0 Å². The predicted octanol–water partition coefficient (Wildman–Crippen LogP) is 4.04. The van der Waals surface area contributed by atoms with Gasteiger partial charge in [0.05, 0.1) is 0 Å². The highest BCUT2D eigenvalue weighted by atomic mass is 16.5. The average Bonchev–Trinajstić information content (AvgIpc) is 3.33. The highest BCUT2D eigenvalue weighted by molar-refractivity contribution is 5.61. The van der Waals surface area contributed by atoms with Crippen molar-refractivity contribution in [3.8, 4) is 34.7 Å². The molecule has 2 aromatic heterocycles. The van der Waals surface area contributed by atoms with Gasteiger partial charge in [0.15, 0.2) is 0 Å². The number of benzene rings is 2. The molecule has 0 spiro atoms. The van der Waals surface area contributed by atoms with Crippen molar-refractivity contribution in [2.45, 2.75) is 13.5 Å². The molecule has 0 amide bonds. The summed E-state index contributed by atoms with van der Waals surface area (Å²) in [6.45, 7) is 7.25. The lowest BCUT2D eigenvalue weighted by Gasteiger charge is -2.32. The highest BCUT2D eigenvalue weighted by Gasteiger charge is 2.16. The summed E-state index contributed by atoms with van der Waals surface area (Å²) < 4.78 is 11.9. The summed E-state index contributed by atoms with van der Waals surface area (Å²) in [6.07, 6.45) is 3.29. The standard InChI is InChI=1S/C25H26N6O2/c1-18-7-8-21(16-22(18)32-25-26-9-4-10-27-25)24-29-28-23(33-24)20-6-3-5-19(15-20)17-31-13-11-30(2)12-14-31/h3-10,15-16H,11-14,17H2,1-2H3. The molecule has 0 bridgehead atoms. The molecule has 0 saturated carbocycles. The lowest BCUT2D eigenvalue weighted by atomic mass is 10.1. The van der Waals surface area contributed by atoms with Gasteiger partial charge in [-0.2, -0.15) is 0 Å². The number of hydrogen-bond donors (Lipinski definition) is 0. The molecule has 168 valence electrons. The molecule has 2 aromatic carbocycles. The van der Waals surface area contributed by atoms with Crippen LogP contribution < -0.4 is 4.74 Å². The van der Waals surface area contributed by atoms with Crippen LogP contribution >= 0.6 is 0 Å². The second-order valence-corrected chi connectivity index (χ2v) is 8.31. The van der Waals surface area contributed by atoms with Crippen LogP contribution in [0.1, 0.15) is 11.1 Å². The van der Waals surface area contributed by atoms with Crippen LogP contribution in [0.15, 0.2) is 65.3 Å². The zero-order chi connectivity index (χ0) is 22.6. The minimum Gasteiger partial charge on any atom is -0.424 e. The van der Waals surface area contributed by atoms with Gasteiger partial charge in [-0.05, 0) is 55.4 Å². The first-order valence-electron chi connectivity index (χ1n) is 11.0. The van der Waals surface area contributed by atoms with Gasteiger partial charge in [0, 0.05) is 56.2 Å². The van der Waals surface area contributed by atoms with E-state index in [-0.39, 0.29) is 0 Å². The number of aromatic nitrogens is 4. The topological polar surface area (TPSA) is 80.4 Å². The van der Waals surface area contributed by atoms with Gasteiger partial charge in [0.2, 0.25) is 11.8 Å². The van der Waals surface area contributed by atoms with Gasteiger partial charge in [-0.25, -0.2) is 9.97 Å². The van der Waals surface area contributed by atoms with Crippen LogP contribution in [0.5, 0.6) is 11.8 Å². The van der Waals surface area contributed by atoms with Crippen molar-refractivity contribution in [2.24, 2.45) is 0 Å². The Balaban J connectivity index is 1.34. The van der Waals surface area contributed by atoms with E-state index in [1.165, 1.54) is 5.56 Å². The SMILES string of the molecule is Cc1ccc(-c2nnc(-c3cccc(CN4CCN(C)CC4)c3)o2)cc1Oc1ncccn1. The summed E-state index contributed by atoms with van der Waals surface area (Å²) in [6, 6.07) is 16.1. The summed E-state index contributed by atoms with van der Waals surface area (Å²) in [5.74, 6) is 1.58. The van der Waals surface area contributed by atoms with Crippen molar-refractivity contribution in [1.82, 2.24) is 30.0 Å². The molecule has 4 aromatic rings. The molecule has 8 heteroatoms. The summed E-state index contributed by atoms with van der Waals surface area (Å²) in [4.78, 5) is 13.1. The predicted molar refractivity (Wildman–Crippen MR) is 125 cm³/mol. The third kappa shape index (κ3) is 5.08. The molecular weight excluding hydrogens is 416 g/mol. The second-order valence-electron chi connectivity index (χ2n) is 8.31. The van der Waals surface area contributed by atoms with E-state index >= 15 is 0 Å². The Bertz CT molecular complexity index is 1220. The molecule has 1 saturated heterocycles. The molecule has 3 heterocycles. The zero-order valence-corrected chi connectivity index (χ0v) is 18.8. The first kappa shape index (κ1) is 21.2. The smallest absolute Gasteiger partial charge is 0.321 e. The van der Waals surface area contributed by atoms with E-state index in [4.69, 9.17) is 9.15 Å². The summed E-state index contributed by atoms with van der Waals surface area (Å²) in [5, 5.41) is 8.57. The number of piperazine rings is 1. The minimum absolute atomic E-state index is 0.293. The lowest BCUT2D eigenvalue weighted by molar-refractivity contribution is 0.148. The Labute approximate surface area is 192 Å². The fraction of sp³-hybridized carbons (Fsp3) is 0.280. The normalized spacial score (nSPS) is 15.0. The summed E-state index contributed by atoms with van der Waals surface area (Å²) in [7, 11) is 2.17. The van der Waals surface area contributed by atoms with Crippen molar-refractivity contribution >= 4 is 0 Å². The monoisotopic (exact) mass is 442 g/mol. The van der Waals surface area contributed by atoms with Gasteiger partial charge < -0.3 is 14.1 Å². The third-order valence-corrected chi connectivity index (χ3v) is 5.78. The number of likely N-dealkylation sites (N-methyl/N-ethyl adjacent to an activating group) is 1. The lowest BCUT2D eigenvalue weighted by Crippen LogP contribution is -2.43. The Hall–Kier alpha value is -3.62. The van der Waals surface area contributed by atoms with E-state index in [0.29, 0.717) is 23.5 Å². The third-order valence-electron chi connectivity index (χ3n) is 5.78. The average molecular weight is 443 g/mol. The van der Waals surface area contributed by atoms with Crippen molar-refractivity contribution < 1.29 is 9.15 Å². The zero-order valence-electron chi connectivity index (χ0n) is 18.8. The van der Waals surface area contributed by atoms with Crippen LogP contribution in [0.3, 0.4) is 0 Å². The molecule has 0 atom stereocenters. The van der Waals surface area contributed by atoms with Gasteiger partial charge in [-0.3, -0.25) is 4.90 Å². The van der Waals surface area contributed by atoms with Gasteiger partial charge in [-0.1, -0.05) is 18.2 Å². The Morgan fingerprint density at radius 1 is 0.879 bits per heavy atom. The van der Waals surface area contributed by atoms with Crippen molar-refractivity contribution in [2.75, 3.05) is 33.2 Å². The van der Waals surface area contributed by atoms with Gasteiger partial charge in [0.25, 0.3) is 0 Å².